The molecule has 6 N–H and O–H groups in total. The molecular formula is C36H54N4O6. The minimum absolute atomic E-state index is 0.0202. The molecule has 0 saturated carbocycles. The molecule has 0 spiro atoms. The van der Waals surface area contributed by atoms with E-state index in [1.165, 1.54) is 12.1 Å². The summed E-state index contributed by atoms with van der Waals surface area (Å²) in [7, 11) is 0. The molecule has 2 rings (SSSR count). The molecule has 46 heavy (non-hydrogen) atoms. The molecular weight excluding hydrogens is 584 g/mol. The first-order valence-electron chi connectivity index (χ1n) is 17.0. The van der Waals surface area contributed by atoms with Crippen LogP contribution >= 0.6 is 0 Å². The van der Waals surface area contributed by atoms with Crippen molar-refractivity contribution in [2.75, 3.05) is 0 Å². The number of rotatable bonds is 19. The number of amides is 4. The number of hydrazine groups is 2. The largest absolute Gasteiger partial charge is 0.507 e. The van der Waals surface area contributed by atoms with E-state index < -0.39 is 29.0 Å². The number of aryl methyl sites for hydroxylation is 2. The molecule has 0 unspecified atom stereocenters. The number of phenolic OH excluding ortho intramolecular Hbond substituents is 2. The van der Waals surface area contributed by atoms with E-state index in [1.54, 1.807) is 24.3 Å². The molecule has 10 heteroatoms. The summed E-state index contributed by atoms with van der Waals surface area (Å²) < 4.78 is 0. The number of nitrogens with one attached hydrogen (secondary N) is 4. The highest BCUT2D eigenvalue weighted by Gasteiger charge is 2.45. The lowest BCUT2D eigenvalue weighted by molar-refractivity contribution is -0.146. The van der Waals surface area contributed by atoms with Crippen LogP contribution in [0.2, 0.25) is 0 Å². The normalized spacial score (nSPS) is 11.1. The molecule has 2 aromatic rings. The van der Waals surface area contributed by atoms with Crippen molar-refractivity contribution < 1.29 is 29.4 Å². The second-order valence-electron chi connectivity index (χ2n) is 12.1. The Morgan fingerprint density at radius 2 is 0.978 bits per heavy atom. The van der Waals surface area contributed by atoms with Crippen LogP contribution in [-0.2, 0) is 22.4 Å². The van der Waals surface area contributed by atoms with Gasteiger partial charge in [0.2, 0.25) is 0 Å². The summed E-state index contributed by atoms with van der Waals surface area (Å²) in [4.78, 5) is 53.6. The molecule has 0 radical (unpaired) electrons. The van der Waals surface area contributed by atoms with Crippen LogP contribution in [0.5, 0.6) is 11.5 Å². The monoisotopic (exact) mass is 638 g/mol. The van der Waals surface area contributed by atoms with Crippen molar-refractivity contribution in [3.05, 3.63) is 58.7 Å². The maximum absolute atomic E-state index is 13.8. The van der Waals surface area contributed by atoms with Gasteiger partial charge in [-0.2, -0.15) is 0 Å². The maximum Gasteiger partial charge on any atom is 0.273 e. The van der Waals surface area contributed by atoms with Crippen LogP contribution in [0.4, 0.5) is 0 Å². The van der Waals surface area contributed by atoms with Crippen LogP contribution in [0.3, 0.4) is 0 Å². The van der Waals surface area contributed by atoms with E-state index in [0.717, 1.165) is 81.8 Å². The van der Waals surface area contributed by atoms with Crippen LogP contribution < -0.4 is 21.7 Å². The van der Waals surface area contributed by atoms with Crippen molar-refractivity contribution in [3.63, 3.8) is 0 Å². The molecule has 0 heterocycles. The lowest BCUT2D eigenvalue weighted by Gasteiger charge is -2.31. The lowest BCUT2D eigenvalue weighted by Crippen LogP contribution is -2.58. The Hall–Kier alpha value is -4.08. The first kappa shape index (κ1) is 38.1. The molecule has 0 aliphatic rings. The van der Waals surface area contributed by atoms with Crippen LogP contribution in [-0.4, -0.2) is 33.8 Å². The lowest BCUT2D eigenvalue weighted by atomic mass is 9.77. The Morgan fingerprint density at radius 3 is 1.39 bits per heavy atom. The number of phenols is 2. The third-order valence-corrected chi connectivity index (χ3v) is 8.33. The summed E-state index contributed by atoms with van der Waals surface area (Å²) in [5, 5.41) is 20.7. The van der Waals surface area contributed by atoms with Gasteiger partial charge in [-0.1, -0.05) is 97.6 Å². The van der Waals surface area contributed by atoms with Crippen molar-refractivity contribution in [1.29, 1.82) is 0 Å². The van der Waals surface area contributed by atoms with Crippen molar-refractivity contribution >= 4 is 23.6 Å². The number of benzene rings is 2. The Bertz CT molecular complexity index is 1210. The van der Waals surface area contributed by atoms with E-state index in [0.29, 0.717) is 12.8 Å². The van der Waals surface area contributed by atoms with Crippen LogP contribution in [0.15, 0.2) is 36.4 Å². The Morgan fingerprint density at radius 1 is 0.543 bits per heavy atom. The third kappa shape index (κ3) is 11.4. The van der Waals surface area contributed by atoms with Gasteiger partial charge in [0.25, 0.3) is 23.6 Å². The fraction of sp³-hybridized carbons (Fsp3) is 0.556. The third-order valence-electron chi connectivity index (χ3n) is 8.33. The summed E-state index contributed by atoms with van der Waals surface area (Å²) in [6.45, 7) is 8.12. The molecule has 0 atom stereocenters. The molecule has 0 bridgehead atoms. The van der Waals surface area contributed by atoms with Crippen LogP contribution in [0.1, 0.15) is 143 Å². The topological polar surface area (TPSA) is 157 Å². The smallest absolute Gasteiger partial charge is 0.273 e. The Kier molecular flexibility index (Phi) is 16.7. The quantitative estimate of drug-likeness (QED) is 0.0583. The average molecular weight is 639 g/mol. The SMILES string of the molecule is CCCCCCC(CCC)(C(=O)NNC(=O)c1cc(CCCCC)ccc1O)C(=O)NNC(=O)c1cc(CCCCC)ccc1O. The first-order valence-corrected chi connectivity index (χ1v) is 17.0. The van der Waals surface area contributed by atoms with E-state index in [2.05, 4.69) is 42.5 Å². The molecule has 0 aliphatic heterocycles. The van der Waals surface area contributed by atoms with Crippen molar-refractivity contribution in [3.8, 4) is 11.5 Å². The fourth-order valence-corrected chi connectivity index (χ4v) is 5.56. The van der Waals surface area contributed by atoms with Gasteiger partial charge >= 0.3 is 0 Å². The number of unbranched alkanes of at least 4 members (excludes halogenated alkanes) is 7. The fourth-order valence-electron chi connectivity index (χ4n) is 5.56. The number of hydrogen-bond acceptors (Lipinski definition) is 6. The van der Waals surface area contributed by atoms with Gasteiger partial charge in [-0.15, -0.1) is 0 Å². The van der Waals surface area contributed by atoms with E-state index in [9.17, 15) is 29.4 Å². The first-order chi connectivity index (χ1) is 22.1. The molecule has 0 fully saturated rings. The van der Waals surface area contributed by atoms with Crippen molar-refractivity contribution in [2.24, 2.45) is 5.41 Å². The zero-order chi connectivity index (χ0) is 34.0. The predicted octanol–water partition coefficient (Wildman–Crippen LogP) is 6.54. The van der Waals surface area contributed by atoms with E-state index in [4.69, 9.17) is 0 Å². The summed E-state index contributed by atoms with van der Waals surface area (Å²) in [5.41, 5.74) is 9.84. The Labute approximate surface area is 274 Å². The van der Waals surface area contributed by atoms with Gasteiger partial charge in [-0.3, -0.25) is 40.9 Å². The second-order valence-corrected chi connectivity index (χ2v) is 12.1. The van der Waals surface area contributed by atoms with Gasteiger partial charge in [-0.25, -0.2) is 0 Å². The van der Waals surface area contributed by atoms with Gasteiger partial charge in [0.1, 0.15) is 16.9 Å². The van der Waals surface area contributed by atoms with E-state index in [1.807, 2.05) is 6.92 Å². The molecule has 0 aliphatic carbocycles. The second kappa shape index (κ2) is 20.1. The highest BCUT2D eigenvalue weighted by atomic mass is 16.3. The number of carbonyl (C=O) groups is 4. The van der Waals surface area contributed by atoms with E-state index >= 15 is 0 Å². The predicted molar refractivity (Wildman–Crippen MR) is 180 cm³/mol. The highest BCUT2D eigenvalue weighted by Crippen LogP contribution is 2.32. The number of hydrogen-bond donors (Lipinski definition) is 6. The summed E-state index contributed by atoms with van der Waals surface area (Å²) in [5.74, 6) is -3.28. The molecule has 254 valence electrons. The summed E-state index contributed by atoms with van der Waals surface area (Å²) in [6, 6.07) is 9.66. The molecule has 0 saturated heterocycles. The number of carbonyl (C=O) groups excluding carboxylic acids is 4. The van der Waals surface area contributed by atoms with E-state index in [-0.39, 0.29) is 35.5 Å². The number of aromatic hydroxyl groups is 2. The minimum atomic E-state index is -1.60. The van der Waals surface area contributed by atoms with Gasteiger partial charge in [0, 0.05) is 0 Å². The molecule has 4 amide bonds. The van der Waals surface area contributed by atoms with Crippen molar-refractivity contribution in [1.82, 2.24) is 21.7 Å². The summed E-state index contributed by atoms with van der Waals surface area (Å²) >= 11 is 0. The van der Waals surface area contributed by atoms with Gasteiger partial charge in [0.15, 0.2) is 0 Å². The molecule has 2 aromatic carbocycles. The van der Waals surface area contributed by atoms with Gasteiger partial charge < -0.3 is 10.2 Å². The van der Waals surface area contributed by atoms with Crippen LogP contribution in [0.25, 0.3) is 0 Å². The zero-order valence-corrected chi connectivity index (χ0v) is 28.1. The average Bonchev–Trinajstić information content (AvgIpc) is 3.05. The molecule has 10 nitrogen and oxygen atoms in total. The minimum Gasteiger partial charge on any atom is -0.507 e. The summed E-state index contributed by atoms with van der Waals surface area (Å²) in [6.07, 6.45) is 11.7. The Balaban J connectivity index is 2.22. The van der Waals surface area contributed by atoms with Gasteiger partial charge in [0.05, 0.1) is 11.1 Å². The van der Waals surface area contributed by atoms with Gasteiger partial charge in [-0.05, 0) is 73.9 Å². The zero-order valence-electron chi connectivity index (χ0n) is 28.1. The highest BCUT2D eigenvalue weighted by molar-refractivity contribution is 6.07. The maximum atomic E-state index is 13.8. The standard InChI is InChI=1S/C36H54N4O6/c1-5-9-12-15-23-36(22-8-4,34(45)39-37-32(43)28-24-26(16-13-10-6-2)18-20-30(28)41)35(46)40-38-33(44)29-25-27(17-14-11-7-3)19-21-31(29)42/h18-21,24-25,41-42H,5-17,22-23H2,1-4H3,(H,37,43)(H,38,44)(H,39,45)(H,40,46). The van der Waals surface area contributed by atoms with Crippen LogP contribution in [0, 0.1) is 5.41 Å². The molecule has 0 aromatic heterocycles. The van der Waals surface area contributed by atoms with Crippen molar-refractivity contribution in [2.45, 2.75) is 124 Å².